The molecule has 0 bridgehead atoms. The molecule has 0 saturated carbocycles. The number of hydrogen-bond acceptors (Lipinski definition) is 5. The van der Waals surface area contributed by atoms with E-state index in [9.17, 15) is 9.59 Å². The van der Waals surface area contributed by atoms with Crippen LogP contribution in [0.2, 0.25) is 0 Å². The highest BCUT2D eigenvalue weighted by molar-refractivity contribution is 5.82. The normalized spacial score (nSPS) is 19.0. The molecule has 2 aromatic rings. The number of nitrogens with zero attached hydrogens (tertiary/aromatic N) is 1. The zero-order valence-electron chi connectivity index (χ0n) is 17.3. The van der Waals surface area contributed by atoms with E-state index in [0.717, 1.165) is 11.1 Å². The van der Waals surface area contributed by atoms with Crippen LogP contribution in [0.3, 0.4) is 0 Å². The van der Waals surface area contributed by atoms with Crippen molar-refractivity contribution >= 4 is 12.1 Å². The lowest BCUT2D eigenvalue weighted by atomic mass is 10.0. The van der Waals surface area contributed by atoms with Gasteiger partial charge in [-0.3, -0.25) is 4.90 Å². The summed E-state index contributed by atoms with van der Waals surface area (Å²) >= 11 is 0. The number of amides is 1. The zero-order chi connectivity index (χ0) is 21.0. The average molecular weight is 397 g/mol. The molecule has 1 amide bonds. The maximum atomic E-state index is 12.6. The molecular weight excluding hydrogens is 370 g/mol. The number of ether oxygens (including phenoxy) is 3. The second kappa shape index (κ2) is 8.55. The Morgan fingerprint density at radius 3 is 2.31 bits per heavy atom. The van der Waals surface area contributed by atoms with Gasteiger partial charge in [0.05, 0.1) is 13.7 Å². The van der Waals surface area contributed by atoms with Crippen LogP contribution in [0.25, 0.3) is 11.1 Å². The first-order chi connectivity index (χ1) is 13.8. The first-order valence-corrected chi connectivity index (χ1v) is 9.67. The van der Waals surface area contributed by atoms with Crippen LogP contribution in [0.15, 0.2) is 54.6 Å². The molecule has 3 rings (SSSR count). The summed E-state index contributed by atoms with van der Waals surface area (Å²) < 4.78 is 16.6. The van der Waals surface area contributed by atoms with Crippen LogP contribution in [0.4, 0.5) is 4.79 Å². The van der Waals surface area contributed by atoms with Gasteiger partial charge in [-0.05, 0) is 32.4 Å². The highest BCUT2D eigenvalue weighted by Crippen LogP contribution is 2.33. The van der Waals surface area contributed by atoms with E-state index in [-0.39, 0.29) is 12.6 Å². The summed E-state index contributed by atoms with van der Waals surface area (Å²) in [4.78, 5) is 26.3. The van der Waals surface area contributed by atoms with Crippen LogP contribution in [-0.4, -0.2) is 48.4 Å². The zero-order valence-corrected chi connectivity index (χ0v) is 17.3. The minimum Gasteiger partial charge on any atom is -0.488 e. The van der Waals surface area contributed by atoms with Gasteiger partial charge < -0.3 is 14.2 Å². The van der Waals surface area contributed by atoms with E-state index in [1.54, 1.807) is 20.8 Å². The molecule has 0 N–H and O–H groups in total. The molecule has 1 saturated heterocycles. The van der Waals surface area contributed by atoms with Crippen LogP contribution >= 0.6 is 0 Å². The van der Waals surface area contributed by atoms with Crippen molar-refractivity contribution in [1.29, 1.82) is 0 Å². The first kappa shape index (κ1) is 20.7. The number of esters is 1. The molecule has 29 heavy (non-hydrogen) atoms. The maximum absolute atomic E-state index is 12.6. The highest BCUT2D eigenvalue weighted by Gasteiger charge is 2.43. The van der Waals surface area contributed by atoms with Crippen molar-refractivity contribution in [1.82, 2.24) is 4.90 Å². The van der Waals surface area contributed by atoms with Crippen LogP contribution in [0.5, 0.6) is 5.75 Å². The SMILES string of the molecule is COC(=O)[C@@H]1C[C@H](Oc2ccccc2-c2ccccc2)CN1C(=O)OC(C)(C)C. The molecule has 1 fully saturated rings. The van der Waals surface area contributed by atoms with Gasteiger partial charge in [0.25, 0.3) is 0 Å². The number of carbonyl (C=O) groups is 2. The van der Waals surface area contributed by atoms with Crippen molar-refractivity contribution < 1.29 is 23.8 Å². The predicted octanol–water partition coefficient (Wildman–Crippen LogP) is 4.28. The molecule has 2 atom stereocenters. The summed E-state index contributed by atoms with van der Waals surface area (Å²) in [6, 6.07) is 16.9. The molecule has 0 spiro atoms. The average Bonchev–Trinajstić information content (AvgIpc) is 3.11. The Kier molecular flexibility index (Phi) is 6.11. The van der Waals surface area contributed by atoms with Gasteiger partial charge >= 0.3 is 12.1 Å². The fourth-order valence-electron chi connectivity index (χ4n) is 3.37. The molecule has 6 heteroatoms. The summed E-state index contributed by atoms with van der Waals surface area (Å²) in [5.74, 6) is 0.233. The lowest BCUT2D eigenvalue weighted by Crippen LogP contribution is -2.44. The predicted molar refractivity (Wildman–Crippen MR) is 110 cm³/mol. The molecule has 154 valence electrons. The second-order valence-corrected chi connectivity index (χ2v) is 8.01. The number of benzene rings is 2. The first-order valence-electron chi connectivity index (χ1n) is 9.67. The lowest BCUT2D eigenvalue weighted by Gasteiger charge is -2.27. The molecule has 6 nitrogen and oxygen atoms in total. The lowest BCUT2D eigenvalue weighted by molar-refractivity contribution is -0.145. The van der Waals surface area contributed by atoms with E-state index >= 15 is 0 Å². The van der Waals surface area contributed by atoms with Crippen molar-refractivity contribution in [3.05, 3.63) is 54.6 Å². The van der Waals surface area contributed by atoms with Gasteiger partial charge in [0.2, 0.25) is 0 Å². The summed E-state index contributed by atoms with van der Waals surface area (Å²) in [5.41, 5.74) is 1.34. The van der Waals surface area contributed by atoms with Crippen molar-refractivity contribution in [2.24, 2.45) is 0 Å². The summed E-state index contributed by atoms with van der Waals surface area (Å²) in [6.45, 7) is 5.62. The van der Waals surface area contributed by atoms with Gasteiger partial charge in [-0.25, -0.2) is 9.59 Å². The Morgan fingerprint density at radius 2 is 1.66 bits per heavy atom. The highest BCUT2D eigenvalue weighted by atomic mass is 16.6. The molecule has 0 unspecified atom stereocenters. The topological polar surface area (TPSA) is 65.1 Å². The third-order valence-corrected chi connectivity index (χ3v) is 4.63. The molecule has 1 heterocycles. The van der Waals surface area contributed by atoms with Crippen LogP contribution in [0, 0.1) is 0 Å². The summed E-state index contributed by atoms with van der Waals surface area (Å²) in [7, 11) is 1.31. The molecule has 1 aliphatic rings. The van der Waals surface area contributed by atoms with Crippen LogP contribution in [0.1, 0.15) is 27.2 Å². The Morgan fingerprint density at radius 1 is 1.00 bits per heavy atom. The van der Waals surface area contributed by atoms with E-state index in [1.807, 2.05) is 54.6 Å². The minimum absolute atomic E-state index is 0.248. The number of methoxy groups -OCH3 is 1. The Balaban J connectivity index is 1.81. The van der Waals surface area contributed by atoms with Gasteiger partial charge in [0, 0.05) is 12.0 Å². The van der Waals surface area contributed by atoms with Crippen molar-refractivity contribution in [3.63, 3.8) is 0 Å². The molecule has 1 aliphatic heterocycles. The van der Waals surface area contributed by atoms with Crippen LogP contribution < -0.4 is 4.74 Å². The minimum atomic E-state index is -0.733. The van der Waals surface area contributed by atoms with Crippen molar-refractivity contribution in [2.45, 2.75) is 44.9 Å². The van der Waals surface area contributed by atoms with E-state index in [1.165, 1.54) is 12.0 Å². The second-order valence-electron chi connectivity index (χ2n) is 8.01. The number of likely N-dealkylation sites (tertiary alicyclic amines) is 1. The molecule has 0 radical (unpaired) electrons. The largest absolute Gasteiger partial charge is 0.488 e. The third kappa shape index (κ3) is 5.08. The quantitative estimate of drug-likeness (QED) is 0.721. The van der Waals surface area contributed by atoms with Gasteiger partial charge in [0.1, 0.15) is 23.5 Å². The van der Waals surface area contributed by atoms with Gasteiger partial charge in [0.15, 0.2) is 0 Å². The number of carbonyl (C=O) groups excluding carboxylic acids is 2. The van der Waals surface area contributed by atoms with Crippen molar-refractivity contribution in [3.8, 4) is 16.9 Å². The van der Waals surface area contributed by atoms with E-state index < -0.39 is 23.7 Å². The maximum Gasteiger partial charge on any atom is 0.411 e. The summed E-state index contributed by atoms with van der Waals surface area (Å²) in [6.07, 6.45) is -0.554. The third-order valence-electron chi connectivity index (χ3n) is 4.63. The van der Waals surface area contributed by atoms with Crippen molar-refractivity contribution in [2.75, 3.05) is 13.7 Å². The van der Waals surface area contributed by atoms with Gasteiger partial charge in [-0.2, -0.15) is 0 Å². The monoisotopic (exact) mass is 397 g/mol. The number of rotatable bonds is 4. The van der Waals surface area contributed by atoms with Crippen LogP contribution in [-0.2, 0) is 14.3 Å². The fraction of sp³-hybridized carbons (Fsp3) is 0.391. The van der Waals surface area contributed by atoms with Gasteiger partial charge in [-0.1, -0.05) is 48.5 Å². The number of hydrogen-bond donors (Lipinski definition) is 0. The Bertz CT molecular complexity index is 859. The van der Waals surface area contributed by atoms with Gasteiger partial charge in [-0.15, -0.1) is 0 Å². The van der Waals surface area contributed by atoms with E-state index in [0.29, 0.717) is 12.2 Å². The Hall–Kier alpha value is -3.02. The van der Waals surface area contributed by atoms with E-state index in [4.69, 9.17) is 14.2 Å². The summed E-state index contributed by atoms with van der Waals surface area (Å²) in [5, 5.41) is 0. The van der Waals surface area contributed by atoms with E-state index in [2.05, 4.69) is 0 Å². The standard InChI is InChI=1S/C23H27NO5/c1-23(2,3)29-22(26)24-15-17(14-19(24)21(25)27-4)28-20-13-9-8-12-18(20)16-10-6-5-7-11-16/h5-13,17,19H,14-15H2,1-4H3/t17-,19-/m0/s1. The molecule has 0 aliphatic carbocycles. The molecular formula is C23H27NO5. The number of para-hydroxylation sites is 1. The fourth-order valence-corrected chi connectivity index (χ4v) is 3.37. The Labute approximate surface area is 171 Å². The molecule has 2 aromatic carbocycles. The smallest absolute Gasteiger partial charge is 0.411 e. The molecule has 0 aromatic heterocycles.